The smallest absolute Gasteiger partial charge is 0.161 e. The van der Waals surface area contributed by atoms with Crippen LogP contribution in [0.15, 0.2) is 18.2 Å². The minimum absolute atomic E-state index is 0.272. The molecule has 4 heteroatoms. The second-order valence-corrected chi connectivity index (χ2v) is 5.55. The van der Waals surface area contributed by atoms with Gasteiger partial charge < -0.3 is 14.6 Å². The maximum atomic E-state index is 9.22. The van der Waals surface area contributed by atoms with Crippen molar-refractivity contribution in [3.05, 3.63) is 23.8 Å². The zero-order chi connectivity index (χ0) is 15.1. The Hall–Kier alpha value is -1.26. The SMILES string of the molecule is CCOc1ccc(CN2CCCCC2CCO)cc1OC. The van der Waals surface area contributed by atoms with E-state index < -0.39 is 0 Å². The van der Waals surface area contributed by atoms with Crippen LogP contribution in [-0.4, -0.2) is 42.9 Å². The van der Waals surface area contributed by atoms with E-state index in [0.717, 1.165) is 31.0 Å². The van der Waals surface area contributed by atoms with E-state index in [1.807, 2.05) is 13.0 Å². The maximum Gasteiger partial charge on any atom is 0.161 e. The second kappa shape index (κ2) is 8.25. The van der Waals surface area contributed by atoms with Crippen molar-refractivity contribution in [2.45, 2.75) is 45.2 Å². The highest BCUT2D eigenvalue weighted by atomic mass is 16.5. The second-order valence-electron chi connectivity index (χ2n) is 5.55. The fourth-order valence-electron chi connectivity index (χ4n) is 3.06. The molecule has 0 amide bonds. The lowest BCUT2D eigenvalue weighted by molar-refractivity contribution is 0.112. The summed E-state index contributed by atoms with van der Waals surface area (Å²) in [6.45, 7) is 4.91. The van der Waals surface area contributed by atoms with E-state index in [1.165, 1.54) is 24.8 Å². The van der Waals surface area contributed by atoms with Gasteiger partial charge in [0.25, 0.3) is 0 Å². The molecule has 1 aromatic rings. The van der Waals surface area contributed by atoms with E-state index in [4.69, 9.17) is 9.47 Å². The Morgan fingerprint density at radius 1 is 1.29 bits per heavy atom. The minimum Gasteiger partial charge on any atom is -0.493 e. The summed E-state index contributed by atoms with van der Waals surface area (Å²) >= 11 is 0. The van der Waals surface area contributed by atoms with Crippen molar-refractivity contribution in [3.8, 4) is 11.5 Å². The van der Waals surface area contributed by atoms with E-state index in [9.17, 15) is 5.11 Å². The first-order valence-corrected chi connectivity index (χ1v) is 7.93. The first-order valence-electron chi connectivity index (χ1n) is 7.93. The molecule has 0 radical (unpaired) electrons. The molecule has 1 aliphatic heterocycles. The Morgan fingerprint density at radius 3 is 2.86 bits per heavy atom. The molecule has 1 aliphatic rings. The molecule has 1 unspecified atom stereocenters. The quantitative estimate of drug-likeness (QED) is 0.839. The van der Waals surface area contributed by atoms with Crippen molar-refractivity contribution in [2.75, 3.05) is 26.9 Å². The van der Waals surface area contributed by atoms with Crippen LogP contribution in [0.2, 0.25) is 0 Å². The van der Waals surface area contributed by atoms with Crippen LogP contribution in [0.5, 0.6) is 11.5 Å². The highest BCUT2D eigenvalue weighted by molar-refractivity contribution is 5.43. The van der Waals surface area contributed by atoms with Gasteiger partial charge in [-0.15, -0.1) is 0 Å². The molecular weight excluding hydrogens is 266 g/mol. The number of likely N-dealkylation sites (tertiary alicyclic amines) is 1. The van der Waals surface area contributed by atoms with Gasteiger partial charge in [-0.2, -0.15) is 0 Å². The number of benzene rings is 1. The van der Waals surface area contributed by atoms with Crippen molar-refractivity contribution in [2.24, 2.45) is 0 Å². The van der Waals surface area contributed by atoms with Crippen LogP contribution in [0.1, 0.15) is 38.2 Å². The summed E-state index contributed by atoms with van der Waals surface area (Å²) in [5.41, 5.74) is 1.24. The lowest BCUT2D eigenvalue weighted by Gasteiger charge is -2.35. The number of aliphatic hydroxyl groups excluding tert-OH is 1. The highest BCUT2D eigenvalue weighted by Crippen LogP contribution is 2.29. The molecular formula is C17H27NO3. The molecule has 1 fully saturated rings. The molecule has 1 saturated heterocycles. The number of piperidine rings is 1. The number of methoxy groups -OCH3 is 1. The van der Waals surface area contributed by atoms with Gasteiger partial charge in [-0.1, -0.05) is 12.5 Å². The topological polar surface area (TPSA) is 41.9 Å². The molecule has 1 N–H and O–H groups in total. The average molecular weight is 293 g/mol. The molecule has 0 aliphatic carbocycles. The predicted molar refractivity (Wildman–Crippen MR) is 83.9 cm³/mol. The van der Waals surface area contributed by atoms with Crippen molar-refractivity contribution < 1.29 is 14.6 Å². The normalized spacial score (nSPS) is 19.5. The number of ether oxygens (including phenoxy) is 2. The summed E-state index contributed by atoms with van der Waals surface area (Å²) in [5.74, 6) is 1.60. The molecule has 2 rings (SSSR count). The molecule has 0 spiro atoms. The Labute approximate surface area is 127 Å². The predicted octanol–water partition coefficient (Wildman–Crippen LogP) is 2.83. The van der Waals surface area contributed by atoms with Gasteiger partial charge in [0.1, 0.15) is 0 Å². The van der Waals surface area contributed by atoms with Crippen molar-refractivity contribution in [1.82, 2.24) is 4.90 Å². The Morgan fingerprint density at radius 2 is 2.14 bits per heavy atom. The summed E-state index contributed by atoms with van der Waals surface area (Å²) in [7, 11) is 1.68. The number of aliphatic hydroxyl groups is 1. The molecule has 0 saturated carbocycles. The lowest BCUT2D eigenvalue weighted by atomic mass is 9.99. The van der Waals surface area contributed by atoms with E-state index in [0.29, 0.717) is 12.6 Å². The molecule has 0 bridgehead atoms. The Kier molecular flexibility index (Phi) is 6.33. The minimum atomic E-state index is 0.272. The van der Waals surface area contributed by atoms with Crippen LogP contribution in [-0.2, 0) is 6.54 Å². The van der Waals surface area contributed by atoms with E-state index in [-0.39, 0.29) is 6.61 Å². The van der Waals surface area contributed by atoms with Gasteiger partial charge in [0, 0.05) is 19.2 Å². The van der Waals surface area contributed by atoms with Gasteiger partial charge in [-0.3, -0.25) is 4.90 Å². The van der Waals surface area contributed by atoms with Gasteiger partial charge in [-0.05, 0) is 50.4 Å². The fourth-order valence-corrected chi connectivity index (χ4v) is 3.06. The first kappa shape index (κ1) is 16.1. The van der Waals surface area contributed by atoms with Crippen LogP contribution in [0.4, 0.5) is 0 Å². The van der Waals surface area contributed by atoms with Crippen molar-refractivity contribution in [3.63, 3.8) is 0 Å². The lowest BCUT2D eigenvalue weighted by Crippen LogP contribution is -2.39. The van der Waals surface area contributed by atoms with Gasteiger partial charge in [-0.25, -0.2) is 0 Å². The molecule has 4 nitrogen and oxygen atoms in total. The molecule has 0 aromatic heterocycles. The number of nitrogens with zero attached hydrogens (tertiary/aromatic N) is 1. The number of hydrogen-bond acceptors (Lipinski definition) is 4. The van der Waals surface area contributed by atoms with Gasteiger partial charge in [0.15, 0.2) is 11.5 Å². The number of hydrogen-bond donors (Lipinski definition) is 1. The Bertz CT molecular complexity index is 434. The highest BCUT2D eigenvalue weighted by Gasteiger charge is 2.22. The molecule has 1 heterocycles. The van der Waals surface area contributed by atoms with E-state index in [1.54, 1.807) is 7.11 Å². The van der Waals surface area contributed by atoms with Crippen LogP contribution in [0.25, 0.3) is 0 Å². The monoisotopic (exact) mass is 293 g/mol. The fraction of sp³-hybridized carbons (Fsp3) is 0.647. The third-order valence-electron chi connectivity index (χ3n) is 4.12. The summed E-state index contributed by atoms with van der Waals surface area (Å²) in [6.07, 6.45) is 4.58. The third kappa shape index (κ3) is 4.35. The summed E-state index contributed by atoms with van der Waals surface area (Å²) in [4.78, 5) is 2.48. The first-order chi connectivity index (χ1) is 10.3. The van der Waals surface area contributed by atoms with Crippen LogP contribution in [0.3, 0.4) is 0 Å². The van der Waals surface area contributed by atoms with Gasteiger partial charge >= 0.3 is 0 Å². The molecule has 118 valence electrons. The van der Waals surface area contributed by atoms with Crippen molar-refractivity contribution >= 4 is 0 Å². The molecule has 21 heavy (non-hydrogen) atoms. The van der Waals surface area contributed by atoms with E-state index >= 15 is 0 Å². The standard InChI is InChI=1S/C17H27NO3/c1-3-21-16-8-7-14(12-17(16)20-2)13-18-10-5-4-6-15(18)9-11-19/h7-8,12,15,19H,3-6,9-11,13H2,1-2H3. The largest absolute Gasteiger partial charge is 0.493 e. The number of rotatable bonds is 7. The van der Waals surface area contributed by atoms with Crippen LogP contribution >= 0.6 is 0 Å². The molecule has 1 aromatic carbocycles. The van der Waals surface area contributed by atoms with Gasteiger partial charge in [0.05, 0.1) is 13.7 Å². The maximum absolute atomic E-state index is 9.22. The van der Waals surface area contributed by atoms with Gasteiger partial charge in [0.2, 0.25) is 0 Å². The van der Waals surface area contributed by atoms with Crippen LogP contribution in [0, 0.1) is 0 Å². The summed E-state index contributed by atoms with van der Waals surface area (Å²) < 4.78 is 11.0. The van der Waals surface area contributed by atoms with Crippen molar-refractivity contribution in [1.29, 1.82) is 0 Å². The zero-order valence-electron chi connectivity index (χ0n) is 13.2. The Balaban J connectivity index is 2.07. The third-order valence-corrected chi connectivity index (χ3v) is 4.12. The zero-order valence-corrected chi connectivity index (χ0v) is 13.2. The summed E-state index contributed by atoms with van der Waals surface area (Å²) in [6, 6.07) is 6.66. The molecule has 1 atom stereocenters. The van der Waals surface area contributed by atoms with E-state index in [2.05, 4.69) is 17.0 Å². The average Bonchev–Trinajstić information content (AvgIpc) is 2.51. The summed E-state index contributed by atoms with van der Waals surface area (Å²) in [5, 5.41) is 9.22. The van der Waals surface area contributed by atoms with Crippen LogP contribution < -0.4 is 9.47 Å².